The number of hydrogen-bond donors (Lipinski definition) is 1. The Morgan fingerprint density at radius 3 is 2.68 bits per heavy atom. The molecule has 0 radical (unpaired) electrons. The highest BCUT2D eigenvalue weighted by atomic mass is 16.6. The molecule has 2 aliphatic rings. The number of nitrogens with zero attached hydrogens (tertiary/aromatic N) is 1. The van der Waals surface area contributed by atoms with Gasteiger partial charge in [-0.05, 0) is 31.5 Å². The number of amides is 2. The summed E-state index contributed by atoms with van der Waals surface area (Å²) in [6, 6.07) is 6.09. The molecule has 0 aliphatic carbocycles. The van der Waals surface area contributed by atoms with Gasteiger partial charge in [-0.2, -0.15) is 0 Å². The molecule has 1 aromatic rings. The number of ether oxygens (including phenoxy) is 2. The lowest BCUT2D eigenvalue weighted by molar-refractivity contribution is 0.171. The quantitative estimate of drug-likeness (QED) is 0.886. The number of benzene rings is 1. The number of rotatable bonds is 2. The number of fused-ring (bicyclic) bond motifs is 1. The maximum Gasteiger partial charge on any atom is 0.318 e. The van der Waals surface area contributed by atoms with Gasteiger partial charge in [0.2, 0.25) is 0 Å². The van der Waals surface area contributed by atoms with Crippen LogP contribution in [0, 0.1) is 0 Å². The van der Waals surface area contributed by atoms with Gasteiger partial charge < -0.3 is 19.7 Å². The normalized spacial score (nSPS) is 21.7. The van der Waals surface area contributed by atoms with E-state index < -0.39 is 0 Å². The molecular weight excluding hydrogens is 244 g/mol. The van der Waals surface area contributed by atoms with Crippen LogP contribution < -0.4 is 14.8 Å². The molecule has 1 fully saturated rings. The second-order valence-corrected chi connectivity index (χ2v) is 5.15. The molecule has 2 amide bonds. The van der Waals surface area contributed by atoms with Crippen molar-refractivity contribution in [3.8, 4) is 11.5 Å². The first-order valence-corrected chi connectivity index (χ1v) is 6.62. The molecule has 2 aliphatic heterocycles. The summed E-state index contributed by atoms with van der Waals surface area (Å²) in [5.41, 5.74) is 1.06. The number of hydrogen-bond acceptors (Lipinski definition) is 3. The molecule has 2 heterocycles. The standard InChI is InChI=1S/C14H18N2O3/c1-9(2)16-8-11(15-14(16)17)10-3-4-12-13(7-10)19-6-5-18-12/h3-4,7,9,11H,5-6,8H2,1-2H3,(H,15,17). The third-order valence-corrected chi connectivity index (χ3v) is 3.53. The molecular formula is C14H18N2O3. The third kappa shape index (κ3) is 2.20. The Morgan fingerprint density at radius 2 is 2.00 bits per heavy atom. The van der Waals surface area contributed by atoms with Crippen LogP contribution >= 0.6 is 0 Å². The maximum atomic E-state index is 11.8. The van der Waals surface area contributed by atoms with Gasteiger partial charge in [-0.15, -0.1) is 0 Å². The van der Waals surface area contributed by atoms with Crippen molar-refractivity contribution in [1.29, 1.82) is 0 Å². The molecule has 3 rings (SSSR count). The van der Waals surface area contributed by atoms with Crippen LogP contribution in [0.5, 0.6) is 11.5 Å². The monoisotopic (exact) mass is 262 g/mol. The molecule has 19 heavy (non-hydrogen) atoms. The summed E-state index contributed by atoms with van der Waals surface area (Å²) in [5, 5.41) is 3.00. The number of carbonyl (C=O) groups excluding carboxylic acids is 1. The second kappa shape index (κ2) is 4.64. The number of urea groups is 1. The fourth-order valence-electron chi connectivity index (χ4n) is 2.47. The van der Waals surface area contributed by atoms with Crippen LogP contribution in [0.15, 0.2) is 18.2 Å². The van der Waals surface area contributed by atoms with E-state index in [-0.39, 0.29) is 18.1 Å². The van der Waals surface area contributed by atoms with Crippen LogP contribution in [-0.4, -0.2) is 36.7 Å². The Bertz CT molecular complexity index is 501. The molecule has 1 N–H and O–H groups in total. The summed E-state index contributed by atoms with van der Waals surface area (Å²) in [7, 11) is 0. The van der Waals surface area contributed by atoms with Gasteiger partial charge in [0, 0.05) is 12.6 Å². The topological polar surface area (TPSA) is 50.8 Å². The van der Waals surface area contributed by atoms with E-state index in [1.807, 2.05) is 36.9 Å². The summed E-state index contributed by atoms with van der Waals surface area (Å²) in [6.45, 7) is 5.90. The number of carbonyl (C=O) groups is 1. The first kappa shape index (κ1) is 12.1. The summed E-state index contributed by atoms with van der Waals surface area (Å²) in [4.78, 5) is 13.7. The molecule has 0 spiro atoms. The second-order valence-electron chi connectivity index (χ2n) is 5.15. The molecule has 1 unspecified atom stereocenters. The molecule has 0 bridgehead atoms. The lowest BCUT2D eigenvalue weighted by atomic mass is 10.1. The van der Waals surface area contributed by atoms with E-state index in [0.717, 1.165) is 17.1 Å². The summed E-state index contributed by atoms with van der Waals surface area (Å²) >= 11 is 0. The zero-order valence-electron chi connectivity index (χ0n) is 11.2. The van der Waals surface area contributed by atoms with Crippen LogP contribution in [-0.2, 0) is 0 Å². The van der Waals surface area contributed by atoms with E-state index in [4.69, 9.17) is 9.47 Å². The van der Waals surface area contributed by atoms with Crippen LogP contribution in [0.1, 0.15) is 25.5 Å². The molecule has 1 aromatic carbocycles. The van der Waals surface area contributed by atoms with Gasteiger partial charge in [-0.25, -0.2) is 4.79 Å². The van der Waals surface area contributed by atoms with Gasteiger partial charge in [0.15, 0.2) is 11.5 Å². The minimum absolute atomic E-state index is 0.00473. The third-order valence-electron chi connectivity index (χ3n) is 3.53. The van der Waals surface area contributed by atoms with E-state index in [9.17, 15) is 4.79 Å². The highest BCUT2D eigenvalue weighted by Gasteiger charge is 2.31. The van der Waals surface area contributed by atoms with Crippen LogP contribution in [0.3, 0.4) is 0 Å². The van der Waals surface area contributed by atoms with Crippen molar-refractivity contribution in [2.75, 3.05) is 19.8 Å². The Morgan fingerprint density at radius 1 is 1.26 bits per heavy atom. The SMILES string of the molecule is CC(C)N1CC(c2ccc3c(c2)OCCO3)NC1=O. The van der Waals surface area contributed by atoms with Crippen LogP contribution in [0.4, 0.5) is 4.79 Å². The number of nitrogens with one attached hydrogen (secondary N) is 1. The Kier molecular flexibility index (Phi) is 2.97. The minimum atomic E-state index is -0.00473. The van der Waals surface area contributed by atoms with E-state index >= 15 is 0 Å². The van der Waals surface area contributed by atoms with Gasteiger partial charge in [0.05, 0.1) is 6.04 Å². The van der Waals surface area contributed by atoms with E-state index in [1.165, 1.54) is 0 Å². The van der Waals surface area contributed by atoms with Gasteiger partial charge in [-0.1, -0.05) is 6.07 Å². The molecule has 5 heteroatoms. The first-order valence-electron chi connectivity index (χ1n) is 6.62. The van der Waals surface area contributed by atoms with Crippen molar-refractivity contribution in [2.45, 2.75) is 25.9 Å². The summed E-state index contributed by atoms with van der Waals surface area (Å²) < 4.78 is 11.1. The molecule has 0 aromatic heterocycles. The van der Waals surface area contributed by atoms with Gasteiger partial charge >= 0.3 is 6.03 Å². The van der Waals surface area contributed by atoms with Crippen LogP contribution in [0.2, 0.25) is 0 Å². The predicted octanol–water partition coefficient (Wildman–Crippen LogP) is 1.93. The lowest BCUT2D eigenvalue weighted by Crippen LogP contribution is -2.33. The lowest BCUT2D eigenvalue weighted by Gasteiger charge is -2.21. The largest absolute Gasteiger partial charge is 0.486 e. The van der Waals surface area contributed by atoms with Crippen LogP contribution in [0.25, 0.3) is 0 Å². The molecule has 5 nitrogen and oxygen atoms in total. The highest BCUT2D eigenvalue weighted by Crippen LogP contribution is 2.33. The fraction of sp³-hybridized carbons (Fsp3) is 0.500. The molecule has 1 atom stereocenters. The Labute approximate surface area is 112 Å². The van der Waals surface area contributed by atoms with Crippen molar-refractivity contribution in [2.24, 2.45) is 0 Å². The first-order chi connectivity index (χ1) is 9.15. The van der Waals surface area contributed by atoms with Crippen molar-refractivity contribution in [1.82, 2.24) is 10.2 Å². The van der Waals surface area contributed by atoms with Gasteiger partial charge in [0.25, 0.3) is 0 Å². The average Bonchev–Trinajstić information content (AvgIpc) is 2.80. The maximum absolute atomic E-state index is 11.8. The highest BCUT2D eigenvalue weighted by molar-refractivity contribution is 5.77. The van der Waals surface area contributed by atoms with Crippen molar-refractivity contribution in [3.63, 3.8) is 0 Å². The molecule has 102 valence electrons. The fourth-order valence-corrected chi connectivity index (χ4v) is 2.47. The Balaban J connectivity index is 1.82. The predicted molar refractivity (Wildman–Crippen MR) is 70.5 cm³/mol. The zero-order valence-corrected chi connectivity index (χ0v) is 11.2. The van der Waals surface area contributed by atoms with E-state index in [2.05, 4.69) is 5.32 Å². The summed E-state index contributed by atoms with van der Waals surface area (Å²) in [5.74, 6) is 1.54. The summed E-state index contributed by atoms with van der Waals surface area (Å²) in [6.07, 6.45) is 0. The molecule has 0 saturated carbocycles. The zero-order chi connectivity index (χ0) is 13.4. The Hall–Kier alpha value is -1.91. The van der Waals surface area contributed by atoms with E-state index in [0.29, 0.717) is 19.8 Å². The minimum Gasteiger partial charge on any atom is -0.486 e. The van der Waals surface area contributed by atoms with Gasteiger partial charge in [-0.3, -0.25) is 0 Å². The van der Waals surface area contributed by atoms with Crippen molar-refractivity contribution in [3.05, 3.63) is 23.8 Å². The van der Waals surface area contributed by atoms with Crippen molar-refractivity contribution < 1.29 is 14.3 Å². The average molecular weight is 262 g/mol. The smallest absolute Gasteiger partial charge is 0.318 e. The molecule has 1 saturated heterocycles. The van der Waals surface area contributed by atoms with E-state index in [1.54, 1.807) is 0 Å². The van der Waals surface area contributed by atoms with Crippen molar-refractivity contribution >= 4 is 6.03 Å². The van der Waals surface area contributed by atoms with Gasteiger partial charge in [0.1, 0.15) is 13.2 Å².